The van der Waals surface area contributed by atoms with Crippen molar-refractivity contribution < 1.29 is 9.21 Å². The van der Waals surface area contributed by atoms with E-state index in [2.05, 4.69) is 5.32 Å². The molecule has 2 aromatic carbocycles. The number of fused-ring (bicyclic) bond motifs is 1. The molecule has 0 aliphatic heterocycles. The van der Waals surface area contributed by atoms with Crippen LogP contribution in [0.25, 0.3) is 11.0 Å². The fraction of sp³-hybridized carbons (Fsp3) is 0.111. The molecule has 5 heteroatoms. The second-order valence-corrected chi connectivity index (χ2v) is 5.56. The molecule has 1 N–H and O–H groups in total. The van der Waals surface area contributed by atoms with Crippen LogP contribution >= 0.6 is 11.6 Å². The maximum atomic E-state index is 12.2. The number of hydrogen-bond donors (Lipinski definition) is 1. The molecule has 0 saturated carbocycles. The number of aryl methyl sites for hydroxylation is 1. The summed E-state index contributed by atoms with van der Waals surface area (Å²) in [5.41, 5.74) is 1.78. The number of benzene rings is 2. The summed E-state index contributed by atoms with van der Waals surface area (Å²) in [4.78, 5) is 24.5. The zero-order chi connectivity index (χ0) is 16.4. The van der Waals surface area contributed by atoms with Crippen LogP contribution in [0.2, 0.25) is 5.02 Å². The van der Waals surface area contributed by atoms with Crippen LogP contribution in [0.3, 0.4) is 0 Å². The molecule has 4 nitrogen and oxygen atoms in total. The lowest BCUT2D eigenvalue weighted by Crippen LogP contribution is -2.15. The van der Waals surface area contributed by atoms with Crippen LogP contribution in [0.4, 0.5) is 5.69 Å². The Balaban J connectivity index is 1.94. The maximum Gasteiger partial charge on any atom is 0.291 e. The van der Waals surface area contributed by atoms with Crippen LogP contribution < -0.4 is 10.7 Å². The lowest BCUT2D eigenvalue weighted by molar-refractivity contribution is 0.0997. The van der Waals surface area contributed by atoms with E-state index in [0.29, 0.717) is 21.7 Å². The molecule has 23 heavy (non-hydrogen) atoms. The molecule has 0 saturated heterocycles. The summed E-state index contributed by atoms with van der Waals surface area (Å²) in [6.45, 7) is 2.01. The molecule has 0 spiro atoms. The third-order valence-corrected chi connectivity index (χ3v) is 3.78. The highest BCUT2D eigenvalue weighted by molar-refractivity contribution is 6.30. The Morgan fingerprint density at radius 1 is 1.13 bits per heavy atom. The van der Waals surface area contributed by atoms with E-state index in [9.17, 15) is 9.59 Å². The Morgan fingerprint density at radius 3 is 2.57 bits per heavy atom. The minimum atomic E-state index is -0.481. The first-order valence-electron chi connectivity index (χ1n) is 7.20. The van der Waals surface area contributed by atoms with Gasteiger partial charge in [0.15, 0.2) is 11.2 Å². The van der Waals surface area contributed by atoms with Crippen molar-refractivity contribution in [2.45, 2.75) is 13.3 Å². The molecule has 0 atom stereocenters. The Labute approximate surface area is 137 Å². The summed E-state index contributed by atoms with van der Waals surface area (Å²) in [6.07, 6.45) is 0.828. The van der Waals surface area contributed by atoms with Crippen molar-refractivity contribution in [3.05, 3.63) is 75.1 Å². The number of halogens is 1. The largest absolute Gasteiger partial charge is 0.451 e. The maximum absolute atomic E-state index is 12.2. The van der Waals surface area contributed by atoms with Crippen molar-refractivity contribution in [3.63, 3.8) is 0 Å². The first kappa shape index (κ1) is 15.3. The van der Waals surface area contributed by atoms with Crippen LogP contribution in [0.15, 0.2) is 57.7 Å². The Bertz CT molecular complexity index is 929. The second-order valence-electron chi connectivity index (χ2n) is 5.12. The van der Waals surface area contributed by atoms with Gasteiger partial charge in [-0.25, -0.2) is 0 Å². The Kier molecular flexibility index (Phi) is 4.17. The standard InChI is InChI=1S/C18H14ClNO3/c1-2-11-3-8-16-14(9-11)15(21)10-17(23-16)18(22)20-13-6-4-12(19)5-7-13/h3-10H,2H2,1H3,(H,20,22). The average Bonchev–Trinajstić information content (AvgIpc) is 2.56. The van der Waals surface area contributed by atoms with Crippen molar-refractivity contribution in [1.29, 1.82) is 0 Å². The molecular weight excluding hydrogens is 314 g/mol. The monoisotopic (exact) mass is 327 g/mol. The van der Waals surface area contributed by atoms with Crippen molar-refractivity contribution >= 4 is 34.2 Å². The molecule has 0 unspecified atom stereocenters. The number of hydrogen-bond acceptors (Lipinski definition) is 3. The molecule has 0 bridgehead atoms. The van der Waals surface area contributed by atoms with Gasteiger partial charge < -0.3 is 9.73 Å². The van der Waals surface area contributed by atoms with E-state index in [1.54, 1.807) is 36.4 Å². The zero-order valence-corrected chi connectivity index (χ0v) is 13.2. The van der Waals surface area contributed by atoms with Crippen molar-refractivity contribution in [2.75, 3.05) is 5.32 Å². The lowest BCUT2D eigenvalue weighted by Gasteiger charge is -2.06. The normalized spacial score (nSPS) is 10.7. The van der Waals surface area contributed by atoms with Crippen LogP contribution in [0.1, 0.15) is 23.0 Å². The van der Waals surface area contributed by atoms with Gasteiger partial charge >= 0.3 is 0 Å². The van der Waals surface area contributed by atoms with Crippen LogP contribution in [-0.2, 0) is 6.42 Å². The van der Waals surface area contributed by atoms with Gasteiger partial charge in [0.25, 0.3) is 5.91 Å². The molecule has 116 valence electrons. The predicted molar refractivity (Wildman–Crippen MR) is 91.3 cm³/mol. The van der Waals surface area contributed by atoms with Crippen molar-refractivity contribution in [3.8, 4) is 0 Å². The van der Waals surface area contributed by atoms with Gasteiger partial charge in [0.2, 0.25) is 0 Å². The van der Waals surface area contributed by atoms with E-state index >= 15 is 0 Å². The molecule has 0 radical (unpaired) electrons. The van der Waals surface area contributed by atoms with Gasteiger partial charge in [0.1, 0.15) is 5.58 Å². The number of nitrogens with one attached hydrogen (secondary N) is 1. The average molecular weight is 328 g/mol. The first-order chi connectivity index (χ1) is 11.1. The third kappa shape index (κ3) is 3.27. The molecule has 1 amide bonds. The zero-order valence-electron chi connectivity index (χ0n) is 12.4. The van der Waals surface area contributed by atoms with Gasteiger partial charge in [-0.1, -0.05) is 24.6 Å². The van der Waals surface area contributed by atoms with Crippen molar-refractivity contribution in [1.82, 2.24) is 0 Å². The van der Waals surface area contributed by atoms with Crippen LogP contribution in [-0.4, -0.2) is 5.91 Å². The number of carbonyl (C=O) groups is 1. The van der Waals surface area contributed by atoms with E-state index in [-0.39, 0.29) is 11.2 Å². The quantitative estimate of drug-likeness (QED) is 0.781. The highest BCUT2D eigenvalue weighted by atomic mass is 35.5. The topological polar surface area (TPSA) is 59.3 Å². The van der Waals surface area contributed by atoms with Gasteiger partial charge in [-0.05, 0) is 48.4 Å². The van der Waals surface area contributed by atoms with Gasteiger partial charge in [-0.15, -0.1) is 0 Å². The third-order valence-electron chi connectivity index (χ3n) is 3.53. The molecule has 1 aromatic heterocycles. The van der Waals surface area contributed by atoms with Crippen LogP contribution in [0.5, 0.6) is 0 Å². The van der Waals surface area contributed by atoms with Gasteiger partial charge in [0, 0.05) is 16.8 Å². The van der Waals surface area contributed by atoms with E-state index < -0.39 is 5.91 Å². The molecule has 0 fully saturated rings. The predicted octanol–water partition coefficient (Wildman–Crippen LogP) is 4.26. The van der Waals surface area contributed by atoms with Gasteiger partial charge in [-0.2, -0.15) is 0 Å². The molecule has 0 aliphatic rings. The molecule has 0 aliphatic carbocycles. The van der Waals surface area contributed by atoms with Gasteiger partial charge in [-0.3, -0.25) is 9.59 Å². The highest BCUT2D eigenvalue weighted by Gasteiger charge is 2.13. The first-order valence-corrected chi connectivity index (χ1v) is 7.58. The summed E-state index contributed by atoms with van der Waals surface area (Å²) in [6, 6.07) is 13.3. The smallest absolute Gasteiger partial charge is 0.291 e. The van der Waals surface area contributed by atoms with E-state index in [4.69, 9.17) is 16.0 Å². The minimum Gasteiger partial charge on any atom is -0.451 e. The number of carbonyl (C=O) groups excluding carboxylic acids is 1. The number of anilines is 1. The number of rotatable bonds is 3. The number of amides is 1. The molecule has 3 rings (SSSR count). The lowest BCUT2D eigenvalue weighted by atomic mass is 10.1. The van der Waals surface area contributed by atoms with Gasteiger partial charge in [0.05, 0.1) is 5.39 Å². The summed E-state index contributed by atoms with van der Waals surface area (Å²) >= 11 is 5.80. The van der Waals surface area contributed by atoms with E-state index in [0.717, 1.165) is 12.0 Å². The van der Waals surface area contributed by atoms with E-state index in [1.807, 2.05) is 13.0 Å². The summed E-state index contributed by atoms with van der Waals surface area (Å²) in [7, 11) is 0. The summed E-state index contributed by atoms with van der Waals surface area (Å²) < 4.78 is 5.56. The second kappa shape index (κ2) is 6.26. The fourth-order valence-electron chi connectivity index (χ4n) is 2.26. The molecule has 3 aromatic rings. The minimum absolute atomic E-state index is 0.0262. The summed E-state index contributed by atoms with van der Waals surface area (Å²) in [5, 5.41) is 3.72. The summed E-state index contributed by atoms with van der Waals surface area (Å²) in [5.74, 6) is -0.507. The molecule has 1 heterocycles. The van der Waals surface area contributed by atoms with E-state index in [1.165, 1.54) is 6.07 Å². The SMILES string of the molecule is CCc1ccc2oc(C(=O)Nc3ccc(Cl)cc3)cc(=O)c2c1. The Morgan fingerprint density at radius 2 is 1.87 bits per heavy atom. The van der Waals surface area contributed by atoms with Crippen LogP contribution in [0, 0.1) is 0 Å². The highest BCUT2D eigenvalue weighted by Crippen LogP contribution is 2.17. The Hall–Kier alpha value is -2.59. The fourth-order valence-corrected chi connectivity index (χ4v) is 2.39. The molecular formula is C18H14ClNO3. The van der Waals surface area contributed by atoms with Crippen molar-refractivity contribution in [2.24, 2.45) is 0 Å².